The second-order valence-corrected chi connectivity index (χ2v) is 5.35. The number of aromatic nitrogens is 2. The summed E-state index contributed by atoms with van der Waals surface area (Å²) >= 11 is 6.36. The quantitative estimate of drug-likeness (QED) is 0.361. The molecule has 1 atom stereocenters. The van der Waals surface area contributed by atoms with E-state index in [1.54, 1.807) is 17.6 Å². The highest BCUT2D eigenvalue weighted by Crippen LogP contribution is 2.20. The Morgan fingerprint density at radius 2 is 2.29 bits per heavy atom. The van der Waals surface area contributed by atoms with Gasteiger partial charge in [-0.2, -0.15) is 0 Å². The minimum absolute atomic E-state index is 0.0709. The summed E-state index contributed by atoms with van der Waals surface area (Å²) in [6, 6.07) is 2.93. The molecule has 0 spiro atoms. The Kier molecular flexibility index (Phi) is 4.73. The first-order valence-corrected chi connectivity index (χ1v) is 7.11. The van der Waals surface area contributed by atoms with Gasteiger partial charge in [0.1, 0.15) is 6.20 Å². The van der Waals surface area contributed by atoms with Crippen molar-refractivity contribution in [2.75, 3.05) is 4.90 Å². The van der Waals surface area contributed by atoms with Gasteiger partial charge in [-0.3, -0.25) is 20.0 Å². The third-order valence-electron chi connectivity index (χ3n) is 2.63. The molecule has 2 heterocycles. The number of nitro groups is 1. The van der Waals surface area contributed by atoms with Gasteiger partial charge in [-0.05, 0) is 18.3 Å². The van der Waals surface area contributed by atoms with Crippen LogP contribution in [0.5, 0.6) is 0 Å². The smallest absolute Gasteiger partial charge is 0.287 e. The summed E-state index contributed by atoms with van der Waals surface area (Å²) in [7, 11) is 0. The minimum atomic E-state index is -0.553. The van der Waals surface area contributed by atoms with Crippen LogP contribution in [-0.2, 0) is 6.42 Å². The predicted molar refractivity (Wildman–Crippen MR) is 83.9 cm³/mol. The van der Waals surface area contributed by atoms with Gasteiger partial charge in [0.15, 0.2) is 10.2 Å². The Bertz CT molecular complexity index is 631. The summed E-state index contributed by atoms with van der Waals surface area (Å²) in [5.41, 5.74) is 12.3. The standard InChI is InChI=1S/C11H12N6O2S2/c12-9(16(10(13)20)11-14-3-4-21-11)5-7-1-2-8(6-15-7)17(18)19/h1-4,6,9H,5,12H2,(H2,13,20). The van der Waals surface area contributed by atoms with Gasteiger partial charge < -0.3 is 11.5 Å². The van der Waals surface area contributed by atoms with E-state index in [1.165, 1.54) is 28.5 Å². The van der Waals surface area contributed by atoms with Gasteiger partial charge in [-0.15, -0.1) is 11.3 Å². The topological polar surface area (TPSA) is 124 Å². The van der Waals surface area contributed by atoms with Gasteiger partial charge in [0.25, 0.3) is 5.69 Å². The van der Waals surface area contributed by atoms with E-state index in [0.717, 1.165) is 0 Å². The van der Waals surface area contributed by atoms with Crippen LogP contribution in [0.15, 0.2) is 29.9 Å². The first kappa shape index (κ1) is 15.2. The first-order chi connectivity index (χ1) is 9.99. The summed E-state index contributed by atoms with van der Waals surface area (Å²) in [5, 5.41) is 13.1. The number of nitrogens with two attached hydrogens (primary N) is 2. The van der Waals surface area contributed by atoms with Crippen molar-refractivity contribution >= 4 is 39.5 Å². The second kappa shape index (κ2) is 6.52. The second-order valence-electron chi connectivity index (χ2n) is 4.06. The van der Waals surface area contributed by atoms with E-state index in [-0.39, 0.29) is 10.8 Å². The largest absolute Gasteiger partial charge is 0.376 e. The fourth-order valence-electron chi connectivity index (χ4n) is 1.69. The molecule has 0 fully saturated rings. The maximum absolute atomic E-state index is 10.6. The summed E-state index contributed by atoms with van der Waals surface area (Å²) in [5.74, 6) is 0. The lowest BCUT2D eigenvalue weighted by molar-refractivity contribution is -0.385. The molecule has 4 N–H and O–H groups in total. The molecule has 10 heteroatoms. The van der Waals surface area contributed by atoms with Crippen molar-refractivity contribution in [3.63, 3.8) is 0 Å². The lowest BCUT2D eigenvalue weighted by Gasteiger charge is -2.26. The number of hydrogen-bond acceptors (Lipinski definition) is 7. The van der Waals surface area contributed by atoms with Crippen LogP contribution in [0.4, 0.5) is 10.8 Å². The number of pyridine rings is 1. The Morgan fingerprint density at radius 1 is 1.52 bits per heavy atom. The molecule has 1 unspecified atom stereocenters. The maximum atomic E-state index is 10.6. The van der Waals surface area contributed by atoms with Crippen LogP contribution in [0, 0.1) is 10.1 Å². The Labute approximate surface area is 129 Å². The van der Waals surface area contributed by atoms with Gasteiger partial charge in [0.05, 0.1) is 11.1 Å². The van der Waals surface area contributed by atoms with Crippen LogP contribution in [0.25, 0.3) is 0 Å². The minimum Gasteiger partial charge on any atom is -0.376 e. The monoisotopic (exact) mass is 324 g/mol. The molecule has 21 heavy (non-hydrogen) atoms. The molecule has 0 amide bonds. The lowest BCUT2D eigenvalue weighted by atomic mass is 10.2. The number of thiazole rings is 1. The summed E-state index contributed by atoms with van der Waals surface area (Å²) < 4.78 is 0. The molecule has 2 aromatic heterocycles. The lowest BCUT2D eigenvalue weighted by Crippen LogP contribution is -2.50. The molecule has 2 rings (SSSR count). The molecule has 0 radical (unpaired) electrons. The van der Waals surface area contributed by atoms with E-state index >= 15 is 0 Å². The molecule has 0 saturated heterocycles. The van der Waals surface area contributed by atoms with E-state index < -0.39 is 11.1 Å². The number of anilines is 1. The predicted octanol–water partition coefficient (Wildman–Crippen LogP) is 1.02. The maximum Gasteiger partial charge on any atom is 0.287 e. The van der Waals surface area contributed by atoms with E-state index in [0.29, 0.717) is 17.2 Å². The van der Waals surface area contributed by atoms with E-state index in [2.05, 4.69) is 9.97 Å². The number of hydrogen-bond donors (Lipinski definition) is 2. The summed E-state index contributed by atoms with van der Waals surface area (Å²) in [6.07, 6.45) is 2.59. The highest BCUT2D eigenvalue weighted by molar-refractivity contribution is 7.80. The van der Waals surface area contributed by atoms with Gasteiger partial charge in [0, 0.05) is 29.8 Å². The number of thiocarbonyl (C=S) groups is 1. The van der Waals surface area contributed by atoms with Crippen molar-refractivity contribution < 1.29 is 4.92 Å². The van der Waals surface area contributed by atoms with Crippen molar-refractivity contribution in [3.8, 4) is 0 Å². The van der Waals surface area contributed by atoms with Crippen molar-refractivity contribution in [2.24, 2.45) is 11.5 Å². The van der Waals surface area contributed by atoms with Crippen molar-refractivity contribution in [2.45, 2.75) is 12.6 Å². The van der Waals surface area contributed by atoms with E-state index in [9.17, 15) is 10.1 Å². The van der Waals surface area contributed by atoms with Crippen LogP contribution in [0.3, 0.4) is 0 Å². The Hall–Kier alpha value is -2.17. The molecule has 0 aromatic carbocycles. The molecule has 0 saturated carbocycles. The molecule has 0 bridgehead atoms. The zero-order valence-corrected chi connectivity index (χ0v) is 12.4. The molecule has 0 aliphatic heterocycles. The molecule has 0 aliphatic rings. The highest BCUT2D eigenvalue weighted by atomic mass is 32.1. The fourth-order valence-corrected chi connectivity index (χ4v) is 2.68. The number of nitrogens with zero attached hydrogens (tertiary/aromatic N) is 4. The highest BCUT2D eigenvalue weighted by Gasteiger charge is 2.21. The Morgan fingerprint density at radius 3 is 2.76 bits per heavy atom. The fraction of sp³-hybridized carbons (Fsp3) is 0.182. The molecule has 2 aromatic rings. The van der Waals surface area contributed by atoms with Gasteiger partial charge >= 0.3 is 0 Å². The SMILES string of the molecule is NC(=S)N(c1nccs1)C(N)Cc1ccc([N+](=O)[O-])cn1. The zero-order chi connectivity index (χ0) is 15.4. The van der Waals surface area contributed by atoms with Crippen LogP contribution >= 0.6 is 23.6 Å². The normalized spacial score (nSPS) is 11.9. The van der Waals surface area contributed by atoms with Crippen molar-refractivity contribution in [1.82, 2.24) is 9.97 Å². The van der Waals surface area contributed by atoms with Gasteiger partial charge in [-0.25, -0.2) is 4.98 Å². The Balaban J connectivity index is 2.13. The van der Waals surface area contributed by atoms with Crippen LogP contribution in [-0.4, -0.2) is 26.2 Å². The summed E-state index contributed by atoms with van der Waals surface area (Å²) in [6.45, 7) is 0. The van der Waals surface area contributed by atoms with Gasteiger partial charge in [0.2, 0.25) is 0 Å². The third kappa shape index (κ3) is 3.68. The zero-order valence-electron chi connectivity index (χ0n) is 10.7. The molecule has 110 valence electrons. The van der Waals surface area contributed by atoms with Gasteiger partial charge in [-0.1, -0.05) is 0 Å². The van der Waals surface area contributed by atoms with Crippen molar-refractivity contribution in [1.29, 1.82) is 0 Å². The van der Waals surface area contributed by atoms with Crippen molar-refractivity contribution in [3.05, 3.63) is 45.7 Å². The van der Waals surface area contributed by atoms with Crippen LogP contribution < -0.4 is 16.4 Å². The van der Waals surface area contributed by atoms with E-state index in [1.807, 2.05) is 0 Å². The third-order valence-corrected chi connectivity index (χ3v) is 3.60. The van der Waals surface area contributed by atoms with E-state index in [4.69, 9.17) is 23.7 Å². The molecule has 8 nitrogen and oxygen atoms in total. The van der Waals surface area contributed by atoms with Crippen LogP contribution in [0.1, 0.15) is 5.69 Å². The molecular formula is C11H12N6O2S2. The average molecular weight is 324 g/mol. The molecule has 0 aliphatic carbocycles. The summed E-state index contributed by atoms with van der Waals surface area (Å²) in [4.78, 5) is 19.7. The first-order valence-electron chi connectivity index (χ1n) is 5.82. The molecular weight excluding hydrogens is 312 g/mol. The number of rotatable bonds is 5. The average Bonchev–Trinajstić information content (AvgIpc) is 2.92. The van der Waals surface area contributed by atoms with Crippen LogP contribution in [0.2, 0.25) is 0 Å².